The van der Waals surface area contributed by atoms with Gasteiger partial charge in [0, 0.05) is 10.7 Å². The molecule has 0 radical (unpaired) electrons. The van der Waals surface area contributed by atoms with Gasteiger partial charge in [0.15, 0.2) is 0 Å². The second-order valence-corrected chi connectivity index (χ2v) is 4.45. The van der Waals surface area contributed by atoms with E-state index in [4.69, 9.17) is 16.7 Å². The lowest BCUT2D eigenvalue weighted by molar-refractivity contribution is 0.0695. The van der Waals surface area contributed by atoms with Gasteiger partial charge in [-0.1, -0.05) is 23.7 Å². The number of hydrogen-bond acceptors (Lipinski definition) is 3. The number of carbonyl (C=O) groups is 1. The first-order chi connectivity index (χ1) is 9.00. The van der Waals surface area contributed by atoms with E-state index in [1.54, 1.807) is 30.3 Å². The summed E-state index contributed by atoms with van der Waals surface area (Å²) in [5, 5.41) is 22.3. The Morgan fingerprint density at radius 1 is 1.16 bits per heavy atom. The topological polar surface area (TPSA) is 69.6 Å². The summed E-state index contributed by atoms with van der Waals surface area (Å²) in [4.78, 5) is 11.2. The van der Waals surface area contributed by atoms with Gasteiger partial charge in [0.1, 0.15) is 11.3 Å². The van der Waals surface area contributed by atoms with Crippen LogP contribution in [0.3, 0.4) is 0 Å². The predicted octanol–water partition coefficient (Wildman–Crippen LogP) is 3.80. The van der Waals surface area contributed by atoms with Gasteiger partial charge in [-0.15, -0.1) is 0 Å². The van der Waals surface area contributed by atoms with Gasteiger partial charge >= 0.3 is 5.97 Å². The Bertz CT molecular complexity index is 641. The molecule has 3 N–H and O–H groups in total. The normalized spacial score (nSPS) is 10.2. The molecule has 2 aromatic rings. The fraction of sp³-hybridized carbons (Fsp3) is 0.0714. The molecule has 0 aliphatic carbocycles. The van der Waals surface area contributed by atoms with E-state index in [1.807, 2.05) is 6.92 Å². The maximum Gasteiger partial charge on any atom is 0.341 e. The number of phenols is 1. The molecule has 2 aromatic carbocycles. The molecule has 0 aliphatic rings. The van der Waals surface area contributed by atoms with Crippen LogP contribution in [0.1, 0.15) is 15.9 Å². The van der Waals surface area contributed by atoms with Crippen LogP contribution in [-0.2, 0) is 0 Å². The molecular weight excluding hydrogens is 266 g/mol. The van der Waals surface area contributed by atoms with Gasteiger partial charge < -0.3 is 15.5 Å². The first-order valence-electron chi connectivity index (χ1n) is 5.58. The number of hydrogen-bond donors (Lipinski definition) is 3. The van der Waals surface area contributed by atoms with Crippen molar-refractivity contribution in [3.63, 3.8) is 0 Å². The average Bonchev–Trinajstić information content (AvgIpc) is 2.34. The number of halogens is 1. The lowest BCUT2D eigenvalue weighted by atomic mass is 10.1. The maximum absolute atomic E-state index is 11.2. The third-order valence-electron chi connectivity index (χ3n) is 2.79. The van der Waals surface area contributed by atoms with Gasteiger partial charge in [0.25, 0.3) is 0 Å². The highest BCUT2D eigenvalue weighted by molar-refractivity contribution is 6.31. The third kappa shape index (κ3) is 2.63. The molecule has 0 spiro atoms. The fourth-order valence-corrected chi connectivity index (χ4v) is 1.93. The van der Waals surface area contributed by atoms with E-state index in [9.17, 15) is 9.90 Å². The summed E-state index contributed by atoms with van der Waals surface area (Å²) in [6, 6.07) is 9.80. The van der Waals surface area contributed by atoms with Crippen molar-refractivity contribution in [3.8, 4) is 5.75 Å². The molecule has 0 atom stereocenters. The molecule has 19 heavy (non-hydrogen) atoms. The molecule has 0 bridgehead atoms. The van der Waals surface area contributed by atoms with Crippen LogP contribution in [0.5, 0.6) is 5.75 Å². The quantitative estimate of drug-likeness (QED) is 0.798. The lowest BCUT2D eigenvalue weighted by Gasteiger charge is -2.13. The highest BCUT2D eigenvalue weighted by atomic mass is 35.5. The van der Waals surface area contributed by atoms with Crippen molar-refractivity contribution in [1.29, 1.82) is 0 Å². The number of rotatable bonds is 3. The summed E-state index contributed by atoms with van der Waals surface area (Å²) in [5.41, 5.74) is 1.66. The number of aromatic hydroxyl groups is 1. The molecular formula is C14H12ClNO3. The number of carboxylic acid groups (broad SMARTS) is 1. The molecule has 0 heterocycles. The lowest BCUT2D eigenvalue weighted by Crippen LogP contribution is -2.03. The Morgan fingerprint density at radius 3 is 2.47 bits per heavy atom. The van der Waals surface area contributed by atoms with E-state index in [0.29, 0.717) is 16.4 Å². The largest absolute Gasteiger partial charge is 0.507 e. The standard InChI is InChI=1S/C14H12ClNO3/c1-8-9(15)4-2-5-10(8)16-11-6-3-7-12(17)13(11)14(18)19/h2-7,16-17H,1H3,(H,18,19). The van der Waals surface area contributed by atoms with E-state index < -0.39 is 5.97 Å². The minimum absolute atomic E-state index is 0.165. The Morgan fingerprint density at radius 2 is 1.79 bits per heavy atom. The first-order valence-corrected chi connectivity index (χ1v) is 5.96. The third-order valence-corrected chi connectivity index (χ3v) is 3.20. The number of benzene rings is 2. The van der Waals surface area contributed by atoms with Crippen molar-refractivity contribution in [2.45, 2.75) is 6.92 Å². The van der Waals surface area contributed by atoms with Crippen molar-refractivity contribution in [1.82, 2.24) is 0 Å². The molecule has 5 heteroatoms. The Labute approximate surface area is 115 Å². The van der Waals surface area contributed by atoms with Crippen LogP contribution in [0.2, 0.25) is 5.02 Å². The molecule has 0 saturated carbocycles. The van der Waals surface area contributed by atoms with Gasteiger partial charge in [-0.2, -0.15) is 0 Å². The Hall–Kier alpha value is -2.20. The van der Waals surface area contributed by atoms with E-state index in [1.165, 1.54) is 6.07 Å². The number of anilines is 2. The van der Waals surface area contributed by atoms with Crippen molar-refractivity contribution in [2.24, 2.45) is 0 Å². The number of nitrogens with one attached hydrogen (secondary N) is 1. The van der Waals surface area contributed by atoms with Crippen LogP contribution in [0, 0.1) is 6.92 Å². The van der Waals surface area contributed by atoms with Crippen LogP contribution in [0.4, 0.5) is 11.4 Å². The smallest absolute Gasteiger partial charge is 0.341 e. The van der Waals surface area contributed by atoms with Crippen LogP contribution in [0.25, 0.3) is 0 Å². The second-order valence-electron chi connectivity index (χ2n) is 4.04. The average molecular weight is 278 g/mol. The zero-order valence-electron chi connectivity index (χ0n) is 10.1. The summed E-state index contributed by atoms with van der Waals surface area (Å²) in [6.45, 7) is 1.83. The maximum atomic E-state index is 11.2. The van der Waals surface area contributed by atoms with Crippen molar-refractivity contribution < 1.29 is 15.0 Å². The minimum Gasteiger partial charge on any atom is -0.507 e. The van der Waals surface area contributed by atoms with Crippen molar-refractivity contribution in [3.05, 3.63) is 52.5 Å². The summed E-state index contributed by atoms with van der Waals surface area (Å²) < 4.78 is 0. The van der Waals surface area contributed by atoms with E-state index in [2.05, 4.69) is 5.32 Å². The van der Waals surface area contributed by atoms with Gasteiger partial charge in [-0.05, 0) is 36.8 Å². The number of carboxylic acids is 1. The first kappa shape index (κ1) is 13.2. The predicted molar refractivity (Wildman–Crippen MR) is 74.5 cm³/mol. The summed E-state index contributed by atoms with van der Waals surface area (Å²) >= 11 is 6.01. The van der Waals surface area contributed by atoms with Crippen LogP contribution in [0.15, 0.2) is 36.4 Å². The van der Waals surface area contributed by atoms with Gasteiger partial charge in [0.2, 0.25) is 0 Å². The molecule has 98 valence electrons. The van der Waals surface area contributed by atoms with E-state index >= 15 is 0 Å². The monoisotopic (exact) mass is 277 g/mol. The fourth-order valence-electron chi connectivity index (χ4n) is 1.76. The molecule has 0 saturated heterocycles. The molecule has 0 amide bonds. The molecule has 0 aliphatic heterocycles. The van der Waals surface area contributed by atoms with Crippen LogP contribution >= 0.6 is 11.6 Å². The van der Waals surface area contributed by atoms with E-state index in [-0.39, 0.29) is 11.3 Å². The zero-order valence-corrected chi connectivity index (χ0v) is 10.9. The molecule has 0 fully saturated rings. The van der Waals surface area contributed by atoms with Crippen molar-refractivity contribution in [2.75, 3.05) is 5.32 Å². The Kier molecular flexibility index (Phi) is 3.62. The molecule has 0 unspecified atom stereocenters. The highest BCUT2D eigenvalue weighted by Gasteiger charge is 2.15. The van der Waals surface area contributed by atoms with Gasteiger partial charge in [0.05, 0.1) is 5.69 Å². The highest BCUT2D eigenvalue weighted by Crippen LogP contribution is 2.31. The van der Waals surface area contributed by atoms with Crippen molar-refractivity contribution >= 4 is 28.9 Å². The zero-order chi connectivity index (χ0) is 14.0. The molecule has 4 nitrogen and oxygen atoms in total. The minimum atomic E-state index is -1.19. The molecule has 2 rings (SSSR count). The second kappa shape index (κ2) is 5.20. The SMILES string of the molecule is Cc1c(Cl)cccc1Nc1cccc(O)c1C(=O)O. The number of aromatic carboxylic acids is 1. The van der Waals surface area contributed by atoms with Gasteiger partial charge in [-0.25, -0.2) is 4.79 Å². The van der Waals surface area contributed by atoms with E-state index in [0.717, 1.165) is 5.56 Å². The van der Waals surface area contributed by atoms with Gasteiger partial charge in [-0.3, -0.25) is 0 Å². The van der Waals surface area contributed by atoms with Crippen LogP contribution in [-0.4, -0.2) is 16.2 Å². The summed E-state index contributed by atoms with van der Waals surface area (Å²) in [7, 11) is 0. The van der Waals surface area contributed by atoms with Crippen LogP contribution < -0.4 is 5.32 Å². The molecule has 0 aromatic heterocycles. The summed E-state index contributed by atoms with van der Waals surface area (Å²) in [5.74, 6) is -1.47. The Balaban J connectivity index is 2.47. The summed E-state index contributed by atoms with van der Waals surface area (Å²) in [6.07, 6.45) is 0.